The van der Waals surface area contributed by atoms with Gasteiger partial charge in [0.25, 0.3) is 5.69 Å². The van der Waals surface area contributed by atoms with Crippen LogP contribution < -0.4 is 10.2 Å². The number of hydrogen-bond acceptors (Lipinski definition) is 5. The first kappa shape index (κ1) is 15.6. The lowest BCUT2D eigenvalue weighted by atomic mass is 10.2. The SMILES string of the molecule is CCCNc1cc(N2CCN(CC)CC2)cc([N+](=O)[O-])c1. The monoisotopic (exact) mass is 292 g/mol. The summed E-state index contributed by atoms with van der Waals surface area (Å²) >= 11 is 0. The third-order valence-corrected chi connectivity index (χ3v) is 3.88. The molecule has 0 spiro atoms. The van der Waals surface area contributed by atoms with Gasteiger partial charge in [-0.1, -0.05) is 13.8 Å². The van der Waals surface area contributed by atoms with Crippen LogP contribution >= 0.6 is 0 Å². The smallest absolute Gasteiger partial charge is 0.273 e. The Bertz CT molecular complexity index is 485. The van der Waals surface area contributed by atoms with Gasteiger partial charge in [-0.2, -0.15) is 0 Å². The van der Waals surface area contributed by atoms with E-state index in [4.69, 9.17) is 0 Å². The lowest BCUT2D eigenvalue weighted by Gasteiger charge is -2.35. The zero-order valence-electron chi connectivity index (χ0n) is 12.8. The number of nitro groups is 1. The fourth-order valence-corrected chi connectivity index (χ4v) is 2.58. The second-order valence-electron chi connectivity index (χ2n) is 5.34. The number of hydrogen-bond donors (Lipinski definition) is 1. The van der Waals surface area contributed by atoms with Gasteiger partial charge in [0.15, 0.2) is 0 Å². The van der Waals surface area contributed by atoms with Crippen molar-refractivity contribution >= 4 is 17.1 Å². The van der Waals surface area contributed by atoms with Crippen molar-refractivity contribution < 1.29 is 4.92 Å². The minimum absolute atomic E-state index is 0.157. The van der Waals surface area contributed by atoms with Gasteiger partial charge in [-0.15, -0.1) is 0 Å². The Morgan fingerprint density at radius 2 is 1.90 bits per heavy atom. The summed E-state index contributed by atoms with van der Waals surface area (Å²) in [5.74, 6) is 0. The van der Waals surface area contributed by atoms with Crippen LogP contribution in [0.3, 0.4) is 0 Å². The number of anilines is 2. The maximum Gasteiger partial charge on any atom is 0.273 e. The molecule has 1 N–H and O–H groups in total. The second-order valence-corrected chi connectivity index (χ2v) is 5.34. The van der Waals surface area contributed by atoms with Crippen molar-refractivity contribution in [3.05, 3.63) is 28.3 Å². The van der Waals surface area contributed by atoms with Crippen LogP contribution in [0.1, 0.15) is 20.3 Å². The molecule has 2 rings (SSSR count). The van der Waals surface area contributed by atoms with Gasteiger partial charge in [-0.3, -0.25) is 10.1 Å². The van der Waals surface area contributed by atoms with E-state index >= 15 is 0 Å². The average molecular weight is 292 g/mol. The summed E-state index contributed by atoms with van der Waals surface area (Å²) in [6.45, 7) is 9.99. The lowest BCUT2D eigenvalue weighted by Crippen LogP contribution is -2.46. The van der Waals surface area contributed by atoms with Gasteiger partial charge in [0.2, 0.25) is 0 Å². The number of benzene rings is 1. The molecule has 1 saturated heterocycles. The number of likely N-dealkylation sites (N-methyl/N-ethyl adjacent to an activating group) is 1. The highest BCUT2D eigenvalue weighted by molar-refractivity contribution is 5.64. The number of nitrogens with one attached hydrogen (secondary N) is 1. The molecule has 0 aromatic heterocycles. The highest BCUT2D eigenvalue weighted by atomic mass is 16.6. The molecule has 21 heavy (non-hydrogen) atoms. The molecule has 0 atom stereocenters. The summed E-state index contributed by atoms with van der Waals surface area (Å²) in [7, 11) is 0. The molecule has 6 nitrogen and oxygen atoms in total. The largest absolute Gasteiger partial charge is 0.385 e. The van der Waals surface area contributed by atoms with Crippen molar-refractivity contribution in [2.45, 2.75) is 20.3 Å². The number of non-ortho nitro benzene ring substituents is 1. The zero-order chi connectivity index (χ0) is 15.2. The molecule has 1 aliphatic rings. The highest BCUT2D eigenvalue weighted by Crippen LogP contribution is 2.27. The Morgan fingerprint density at radius 1 is 1.19 bits per heavy atom. The Balaban J connectivity index is 2.17. The van der Waals surface area contributed by atoms with E-state index in [1.165, 1.54) is 0 Å². The third kappa shape index (κ3) is 4.07. The molecule has 1 heterocycles. The normalized spacial score (nSPS) is 16.0. The van der Waals surface area contributed by atoms with E-state index in [9.17, 15) is 10.1 Å². The van der Waals surface area contributed by atoms with E-state index in [-0.39, 0.29) is 10.6 Å². The summed E-state index contributed by atoms with van der Waals surface area (Å²) in [6.07, 6.45) is 0.993. The molecule has 1 aromatic carbocycles. The Hall–Kier alpha value is -1.82. The minimum Gasteiger partial charge on any atom is -0.385 e. The third-order valence-electron chi connectivity index (χ3n) is 3.88. The Morgan fingerprint density at radius 3 is 2.48 bits per heavy atom. The van der Waals surface area contributed by atoms with E-state index in [0.717, 1.165) is 57.1 Å². The zero-order valence-corrected chi connectivity index (χ0v) is 12.8. The molecular weight excluding hydrogens is 268 g/mol. The van der Waals surface area contributed by atoms with Crippen molar-refractivity contribution in [3.63, 3.8) is 0 Å². The molecule has 6 heteroatoms. The molecule has 0 bridgehead atoms. The Labute approximate surface area is 125 Å². The van der Waals surface area contributed by atoms with Gasteiger partial charge in [-0.25, -0.2) is 0 Å². The molecule has 1 aliphatic heterocycles. The van der Waals surface area contributed by atoms with E-state index < -0.39 is 0 Å². The quantitative estimate of drug-likeness (QED) is 0.645. The van der Waals surface area contributed by atoms with E-state index in [1.807, 2.05) is 6.07 Å². The fourth-order valence-electron chi connectivity index (χ4n) is 2.58. The van der Waals surface area contributed by atoms with Crippen LogP contribution in [0.5, 0.6) is 0 Å². The van der Waals surface area contributed by atoms with Crippen LogP contribution in [-0.2, 0) is 0 Å². The van der Waals surface area contributed by atoms with Crippen LogP contribution in [0, 0.1) is 10.1 Å². The summed E-state index contributed by atoms with van der Waals surface area (Å²) < 4.78 is 0. The van der Waals surface area contributed by atoms with Crippen LogP contribution in [-0.4, -0.2) is 49.1 Å². The summed E-state index contributed by atoms with van der Waals surface area (Å²) in [6, 6.07) is 5.31. The Kier molecular flexibility index (Phi) is 5.38. The van der Waals surface area contributed by atoms with Gasteiger partial charge < -0.3 is 15.1 Å². The maximum absolute atomic E-state index is 11.1. The van der Waals surface area contributed by atoms with Crippen LogP contribution in [0.4, 0.5) is 17.1 Å². The summed E-state index contributed by atoms with van der Waals surface area (Å²) in [5.41, 5.74) is 1.93. The van der Waals surface area contributed by atoms with E-state index in [0.29, 0.717) is 0 Å². The summed E-state index contributed by atoms with van der Waals surface area (Å²) in [4.78, 5) is 15.4. The van der Waals surface area contributed by atoms with Crippen molar-refractivity contribution in [2.24, 2.45) is 0 Å². The van der Waals surface area contributed by atoms with Gasteiger partial charge in [0.05, 0.1) is 4.92 Å². The average Bonchev–Trinajstić information content (AvgIpc) is 2.52. The molecule has 116 valence electrons. The molecule has 0 radical (unpaired) electrons. The first-order valence-corrected chi connectivity index (χ1v) is 7.64. The van der Waals surface area contributed by atoms with Crippen molar-refractivity contribution in [3.8, 4) is 0 Å². The van der Waals surface area contributed by atoms with Crippen molar-refractivity contribution in [1.29, 1.82) is 0 Å². The van der Waals surface area contributed by atoms with Crippen molar-refractivity contribution in [1.82, 2.24) is 4.90 Å². The first-order chi connectivity index (χ1) is 10.1. The predicted molar refractivity (Wildman–Crippen MR) is 86.2 cm³/mol. The predicted octanol–water partition coefficient (Wildman–Crippen LogP) is 2.56. The number of rotatable bonds is 6. The molecule has 1 fully saturated rings. The van der Waals surface area contributed by atoms with Crippen molar-refractivity contribution in [2.75, 3.05) is 49.5 Å². The molecule has 0 unspecified atom stereocenters. The first-order valence-electron chi connectivity index (χ1n) is 7.64. The lowest BCUT2D eigenvalue weighted by molar-refractivity contribution is -0.384. The van der Waals surface area contributed by atoms with Crippen LogP contribution in [0.2, 0.25) is 0 Å². The molecule has 0 amide bonds. The van der Waals surface area contributed by atoms with Gasteiger partial charge in [0.1, 0.15) is 0 Å². The molecule has 1 aromatic rings. The van der Waals surface area contributed by atoms with E-state index in [2.05, 4.69) is 29.0 Å². The maximum atomic E-state index is 11.1. The van der Waals surface area contributed by atoms with Crippen LogP contribution in [0.15, 0.2) is 18.2 Å². The number of nitro benzene ring substituents is 1. The molecule has 0 saturated carbocycles. The highest BCUT2D eigenvalue weighted by Gasteiger charge is 2.19. The number of nitrogens with zero attached hydrogens (tertiary/aromatic N) is 3. The fraction of sp³-hybridized carbons (Fsp3) is 0.600. The van der Waals surface area contributed by atoms with Gasteiger partial charge in [-0.05, 0) is 19.0 Å². The van der Waals surface area contributed by atoms with Gasteiger partial charge >= 0.3 is 0 Å². The minimum atomic E-state index is -0.317. The van der Waals surface area contributed by atoms with Crippen LogP contribution in [0.25, 0.3) is 0 Å². The summed E-state index contributed by atoms with van der Waals surface area (Å²) in [5, 5.41) is 14.4. The standard InChI is InChI=1S/C15H24N4O2/c1-3-5-16-13-10-14(12-15(11-13)19(20)21)18-8-6-17(4-2)7-9-18/h10-12,16H,3-9H2,1-2H3. The number of piperazine rings is 1. The molecule has 0 aliphatic carbocycles. The second kappa shape index (κ2) is 7.26. The topological polar surface area (TPSA) is 61.6 Å². The van der Waals surface area contributed by atoms with Gasteiger partial charge in [0, 0.05) is 56.2 Å². The molecular formula is C15H24N4O2. The van der Waals surface area contributed by atoms with E-state index in [1.54, 1.807) is 12.1 Å².